The van der Waals surface area contributed by atoms with Crippen LogP contribution in [0, 0.1) is 28.6 Å². The van der Waals surface area contributed by atoms with Crippen molar-refractivity contribution in [2.75, 3.05) is 4.93 Å². The maximum atomic E-state index is 6.20. The van der Waals surface area contributed by atoms with Crippen molar-refractivity contribution in [2.24, 2.45) is 32.5 Å². The summed E-state index contributed by atoms with van der Waals surface area (Å²) in [6.45, 7) is 7.44. The molecule has 3 saturated carbocycles. The Hall–Kier alpha value is 0.690. The molecule has 0 bridgehead atoms. The predicted octanol–water partition coefficient (Wildman–Crippen LogP) is 2.68. The van der Waals surface area contributed by atoms with Gasteiger partial charge in [-0.1, -0.05) is 0 Å². The zero-order valence-corrected chi connectivity index (χ0v) is 11.1. The molecule has 76 valence electrons. The van der Waals surface area contributed by atoms with E-state index in [0.717, 1.165) is 27.1 Å². The zero-order chi connectivity index (χ0) is 9.59. The van der Waals surface area contributed by atoms with E-state index in [2.05, 4.69) is 25.7 Å². The molecule has 0 amide bonds. The Bertz CT molecular complexity index is 265. The number of alkyl halides is 2. The van der Waals surface area contributed by atoms with Gasteiger partial charge in [0.25, 0.3) is 0 Å². The van der Waals surface area contributed by atoms with Crippen LogP contribution in [0.25, 0.3) is 0 Å². The van der Waals surface area contributed by atoms with E-state index < -0.39 is 20.1 Å². The van der Waals surface area contributed by atoms with Gasteiger partial charge in [-0.2, -0.15) is 0 Å². The summed E-state index contributed by atoms with van der Waals surface area (Å²) in [5, 5.41) is 0. The third-order valence-electron chi connectivity index (χ3n) is 5.60. The van der Waals surface area contributed by atoms with Gasteiger partial charge in [-0.05, 0) is 0 Å². The van der Waals surface area contributed by atoms with Crippen molar-refractivity contribution in [3.05, 3.63) is 0 Å². The molecule has 5 atom stereocenters. The molecule has 2 heteroatoms. The van der Waals surface area contributed by atoms with Gasteiger partial charge in [0.05, 0.1) is 0 Å². The van der Waals surface area contributed by atoms with Crippen LogP contribution in [0.1, 0.15) is 27.2 Å². The van der Waals surface area contributed by atoms with Gasteiger partial charge < -0.3 is 0 Å². The molecule has 1 nitrogen and oxygen atoms in total. The Labute approximate surface area is 88.6 Å². The van der Waals surface area contributed by atoms with Gasteiger partial charge in [-0.3, -0.25) is 0 Å². The summed E-state index contributed by atoms with van der Waals surface area (Å²) in [5.74, 6) is 3.10. The summed E-state index contributed by atoms with van der Waals surface area (Å²) in [4.78, 5) is 2.35. The van der Waals surface area contributed by atoms with Crippen molar-refractivity contribution in [2.45, 2.75) is 31.1 Å². The maximum absolute atomic E-state index is 6.20. The fraction of sp³-hybridized carbons (Fsp3) is 1.00. The molecule has 2 N–H and O–H groups in total. The van der Waals surface area contributed by atoms with Crippen LogP contribution in [0.5, 0.6) is 0 Å². The Morgan fingerprint density at radius 1 is 1.38 bits per heavy atom. The van der Waals surface area contributed by atoms with Crippen molar-refractivity contribution in [1.29, 1.82) is 0 Å². The van der Waals surface area contributed by atoms with Gasteiger partial charge >= 0.3 is 88.7 Å². The van der Waals surface area contributed by atoms with Crippen LogP contribution in [0.3, 0.4) is 0 Å². The Balaban J connectivity index is 1.87. The monoisotopic (exact) mass is 293 g/mol. The molecular formula is C11H20IN. The van der Waals surface area contributed by atoms with E-state index in [0.29, 0.717) is 5.41 Å². The first kappa shape index (κ1) is 8.96. The number of hydrogen-bond acceptors (Lipinski definition) is 1. The van der Waals surface area contributed by atoms with E-state index in [4.69, 9.17) is 3.95 Å². The van der Waals surface area contributed by atoms with Crippen LogP contribution in [0.15, 0.2) is 0 Å². The van der Waals surface area contributed by atoms with E-state index in [9.17, 15) is 0 Å². The second-order valence-electron chi connectivity index (χ2n) is 5.85. The van der Waals surface area contributed by atoms with Gasteiger partial charge in [0.15, 0.2) is 0 Å². The van der Waals surface area contributed by atoms with Gasteiger partial charge in [-0.15, -0.1) is 0 Å². The number of hydrogen-bond donors (Lipinski definition) is 1. The molecule has 0 aromatic heterocycles. The second-order valence-corrected chi connectivity index (χ2v) is 10.5. The summed E-state index contributed by atoms with van der Waals surface area (Å²) in [5.41, 5.74) is 1.47. The van der Waals surface area contributed by atoms with Gasteiger partial charge in [0.1, 0.15) is 0 Å². The van der Waals surface area contributed by atoms with Gasteiger partial charge in [-0.25, -0.2) is 0 Å². The molecule has 0 aromatic carbocycles. The normalized spacial score (nSPS) is 61.2. The van der Waals surface area contributed by atoms with Crippen molar-refractivity contribution in [3.8, 4) is 0 Å². The molecule has 3 fully saturated rings. The van der Waals surface area contributed by atoms with Crippen LogP contribution in [-0.4, -0.2) is 8.86 Å². The van der Waals surface area contributed by atoms with Crippen molar-refractivity contribution >= 4 is 20.1 Å². The molecule has 0 aromatic rings. The summed E-state index contributed by atoms with van der Waals surface area (Å²) in [7, 11) is 0. The molecular weight excluding hydrogens is 273 g/mol. The van der Waals surface area contributed by atoms with E-state index in [1.54, 1.807) is 0 Å². The van der Waals surface area contributed by atoms with Crippen LogP contribution in [0.2, 0.25) is 0 Å². The standard InChI is InChI=1S/C11H20IN/c1-6-9(12(4)13)7-5-8-10(2,3)11(6,7)8/h6-9H,5,13H2,1-4H3. The van der Waals surface area contributed by atoms with Gasteiger partial charge in [0, 0.05) is 0 Å². The first-order valence-electron chi connectivity index (χ1n) is 5.28. The summed E-state index contributed by atoms with van der Waals surface area (Å²) >= 11 is -1.02. The van der Waals surface area contributed by atoms with E-state index >= 15 is 0 Å². The predicted molar refractivity (Wildman–Crippen MR) is 64.9 cm³/mol. The Morgan fingerprint density at radius 2 is 2.00 bits per heavy atom. The Morgan fingerprint density at radius 3 is 2.31 bits per heavy atom. The zero-order valence-electron chi connectivity index (χ0n) is 8.97. The fourth-order valence-corrected chi connectivity index (χ4v) is 9.68. The van der Waals surface area contributed by atoms with Crippen molar-refractivity contribution < 1.29 is 0 Å². The van der Waals surface area contributed by atoms with Crippen molar-refractivity contribution in [1.82, 2.24) is 0 Å². The summed E-state index contributed by atoms with van der Waals surface area (Å²) in [6.07, 6.45) is 1.51. The van der Waals surface area contributed by atoms with Crippen LogP contribution in [-0.2, 0) is 0 Å². The molecule has 3 rings (SSSR count). The quantitative estimate of drug-likeness (QED) is 0.449. The molecule has 13 heavy (non-hydrogen) atoms. The SMILES string of the molecule is CC1C(I(C)N)C2CC3C(C)(C)C123. The average Bonchev–Trinajstić information content (AvgIpc) is 2.39. The molecule has 0 radical (unpaired) electrons. The molecule has 5 unspecified atom stereocenters. The fourth-order valence-electron chi connectivity index (χ4n) is 5.12. The summed E-state index contributed by atoms with van der Waals surface area (Å²) in [6, 6.07) is 0. The number of halogens is 1. The van der Waals surface area contributed by atoms with E-state index in [1.165, 1.54) is 6.42 Å². The number of rotatable bonds is 1. The first-order chi connectivity index (χ1) is 5.95. The first-order valence-corrected chi connectivity index (χ1v) is 9.93. The Kier molecular flexibility index (Phi) is 1.45. The topological polar surface area (TPSA) is 26.0 Å². The van der Waals surface area contributed by atoms with Crippen LogP contribution in [0.4, 0.5) is 0 Å². The number of nitrogens with two attached hydrogens (primary N) is 1. The van der Waals surface area contributed by atoms with E-state index in [-0.39, 0.29) is 0 Å². The van der Waals surface area contributed by atoms with Crippen molar-refractivity contribution in [3.63, 3.8) is 0 Å². The minimum atomic E-state index is -1.02. The molecule has 0 aliphatic heterocycles. The third kappa shape index (κ3) is 0.638. The third-order valence-corrected chi connectivity index (χ3v) is 9.81. The van der Waals surface area contributed by atoms with E-state index in [1.807, 2.05) is 0 Å². The molecule has 3 aliphatic carbocycles. The molecule has 0 heterocycles. The van der Waals surface area contributed by atoms with Crippen LogP contribution < -0.4 is 3.95 Å². The molecule has 0 saturated heterocycles. The molecule has 3 aliphatic rings. The second kappa shape index (κ2) is 2.11. The van der Waals surface area contributed by atoms with Gasteiger partial charge in [0.2, 0.25) is 0 Å². The molecule has 1 spiro atoms. The van der Waals surface area contributed by atoms with Crippen LogP contribution >= 0.6 is 20.1 Å². The summed E-state index contributed by atoms with van der Waals surface area (Å²) < 4.78 is 7.19. The average molecular weight is 293 g/mol. The minimum absolute atomic E-state index is 0.680.